The second kappa shape index (κ2) is 8.57. The second-order valence-electron chi connectivity index (χ2n) is 9.72. The van der Waals surface area contributed by atoms with Crippen LogP contribution < -0.4 is 0 Å². The first-order valence-electron chi connectivity index (χ1n) is 12.2. The number of benzene rings is 1. The van der Waals surface area contributed by atoms with E-state index >= 15 is 0 Å². The van der Waals surface area contributed by atoms with Crippen LogP contribution in [0.15, 0.2) is 34.9 Å². The van der Waals surface area contributed by atoms with Gasteiger partial charge in [0.15, 0.2) is 5.65 Å². The Balaban J connectivity index is 1.14. The maximum Gasteiger partial charge on any atom is 0.254 e. The molecule has 1 aliphatic heterocycles. The molecule has 1 aromatic carbocycles. The predicted octanol–water partition coefficient (Wildman–Crippen LogP) is 3.47. The van der Waals surface area contributed by atoms with Crippen LogP contribution in [0.1, 0.15) is 52.0 Å². The maximum absolute atomic E-state index is 13.6. The van der Waals surface area contributed by atoms with E-state index in [-0.39, 0.29) is 5.91 Å². The molecule has 9 nitrogen and oxygen atoms in total. The van der Waals surface area contributed by atoms with Crippen LogP contribution in [0.3, 0.4) is 0 Å². The van der Waals surface area contributed by atoms with Crippen LogP contribution in [0.2, 0.25) is 0 Å². The van der Waals surface area contributed by atoms with Gasteiger partial charge < -0.3 is 9.42 Å². The standard InChI is InChI=1S/C26H29N7O2/c1-16-4-6-19(7-5-16)24-28-22(35-30-24)15-32-10-12-33(13-11-32)26(34)20-14-21(18-8-9-18)27-25-23(20)17(2)29-31(25)3/h4-7,14,18H,8-13,15H2,1-3H3. The number of carbonyl (C=O) groups excluding carboxylic acids is 1. The normalized spacial score (nSPS) is 16.8. The Hall–Kier alpha value is -3.59. The molecule has 35 heavy (non-hydrogen) atoms. The van der Waals surface area contributed by atoms with Gasteiger partial charge in [0.25, 0.3) is 5.91 Å². The molecule has 6 rings (SSSR count). The molecule has 0 N–H and O–H groups in total. The average Bonchev–Trinajstić information content (AvgIpc) is 3.55. The highest BCUT2D eigenvalue weighted by molar-refractivity contribution is 6.06. The number of amides is 1. The van der Waals surface area contributed by atoms with Crippen molar-refractivity contribution < 1.29 is 9.32 Å². The number of aryl methyl sites for hydroxylation is 3. The average molecular weight is 472 g/mol. The van der Waals surface area contributed by atoms with E-state index in [1.165, 1.54) is 5.56 Å². The van der Waals surface area contributed by atoms with Crippen molar-refractivity contribution in [2.45, 2.75) is 39.2 Å². The van der Waals surface area contributed by atoms with Crippen molar-refractivity contribution in [3.63, 3.8) is 0 Å². The van der Waals surface area contributed by atoms with Crippen LogP contribution in [0, 0.1) is 13.8 Å². The first kappa shape index (κ1) is 21.9. The molecule has 0 radical (unpaired) electrons. The van der Waals surface area contributed by atoms with Gasteiger partial charge in [-0.15, -0.1) is 0 Å². The van der Waals surface area contributed by atoms with E-state index in [4.69, 9.17) is 9.51 Å². The highest BCUT2D eigenvalue weighted by Crippen LogP contribution is 2.40. The summed E-state index contributed by atoms with van der Waals surface area (Å²) in [5.41, 5.74) is 5.54. The molecule has 3 aromatic heterocycles. The lowest BCUT2D eigenvalue weighted by molar-refractivity contribution is 0.0616. The van der Waals surface area contributed by atoms with Gasteiger partial charge in [-0.3, -0.25) is 14.4 Å². The molecule has 4 aromatic rings. The first-order chi connectivity index (χ1) is 17.0. The number of pyridine rings is 1. The van der Waals surface area contributed by atoms with Gasteiger partial charge >= 0.3 is 0 Å². The van der Waals surface area contributed by atoms with E-state index < -0.39 is 0 Å². The van der Waals surface area contributed by atoms with Crippen molar-refractivity contribution in [2.24, 2.45) is 7.05 Å². The van der Waals surface area contributed by atoms with E-state index in [0.717, 1.165) is 59.5 Å². The summed E-state index contributed by atoms with van der Waals surface area (Å²) in [5, 5.41) is 9.55. The molecule has 1 saturated heterocycles. The van der Waals surface area contributed by atoms with Crippen LogP contribution in [0.4, 0.5) is 0 Å². The van der Waals surface area contributed by atoms with Crippen LogP contribution in [-0.2, 0) is 13.6 Å². The zero-order valence-corrected chi connectivity index (χ0v) is 20.4. The Kier molecular flexibility index (Phi) is 5.36. The Morgan fingerprint density at radius 3 is 2.51 bits per heavy atom. The molecule has 9 heteroatoms. The van der Waals surface area contributed by atoms with Crippen molar-refractivity contribution in [3.8, 4) is 11.4 Å². The van der Waals surface area contributed by atoms with Crippen LogP contribution in [0.5, 0.6) is 0 Å². The van der Waals surface area contributed by atoms with Gasteiger partial charge in [-0.05, 0) is 32.8 Å². The molecule has 0 unspecified atom stereocenters. The van der Waals surface area contributed by atoms with Gasteiger partial charge in [-0.2, -0.15) is 10.1 Å². The molecule has 2 fully saturated rings. The molecule has 2 aliphatic rings. The molecule has 180 valence electrons. The highest BCUT2D eigenvalue weighted by Gasteiger charge is 2.31. The molecular weight excluding hydrogens is 442 g/mol. The van der Waals surface area contributed by atoms with Crippen molar-refractivity contribution in [1.29, 1.82) is 0 Å². The largest absolute Gasteiger partial charge is 0.338 e. The number of fused-ring (bicyclic) bond motifs is 1. The second-order valence-corrected chi connectivity index (χ2v) is 9.72. The van der Waals surface area contributed by atoms with Gasteiger partial charge in [-0.1, -0.05) is 35.0 Å². The Bertz CT molecular complexity index is 1390. The van der Waals surface area contributed by atoms with Crippen molar-refractivity contribution >= 4 is 16.9 Å². The Labute approximate surface area is 203 Å². The minimum atomic E-state index is 0.0643. The number of rotatable bonds is 5. The molecule has 0 bridgehead atoms. The van der Waals surface area contributed by atoms with Crippen LogP contribution >= 0.6 is 0 Å². The summed E-state index contributed by atoms with van der Waals surface area (Å²) in [7, 11) is 1.90. The van der Waals surface area contributed by atoms with Crippen LogP contribution in [-0.4, -0.2) is 66.8 Å². The van der Waals surface area contributed by atoms with E-state index in [9.17, 15) is 4.79 Å². The van der Waals surface area contributed by atoms with Gasteiger partial charge in [0.1, 0.15) is 0 Å². The lowest BCUT2D eigenvalue weighted by atomic mass is 10.1. The summed E-state index contributed by atoms with van der Waals surface area (Å²) >= 11 is 0. The summed E-state index contributed by atoms with van der Waals surface area (Å²) < 4.78 is 7.29. The third kappa shape index (κ3) is 4.20. The topological polar surface area (TPSA) is 93.2 Å². The van der Waals surface area contributed by atoms with E-state index in [0.29, 0.717) is 37.3 Å². The summed E-state index contributed by atoms with van der Waals surface area (Å²) in [6.45, 7) is 7.39. The smallest absolute Gasteiger partial charge is 0.254 e. The zero-order chi connectivity index (χ0) is 24.1. The van der Waals surface area contributed by atoms with Gasteiger partial charge in [-0.25, -0.2) is 4.98 Å². The number of carbonyl (C=O) groups is 1. The van der Waals surface area contributed by atoms with Crippen LogP contribution in [0.25, 0.3) is 22.4 Å². The van der Waals surface area contributed by atoms with Crippen molar-refractivity contribution in [3.05, 3.63) is 58.7 Å². The number of aromatic nitrogens is 5. The fourth-order valence-corrected chi connectivity index (χ4v) is 4.83. The first-order valence-corrected chi connectivity index (χ1v) is 12.2. The predicted molar refractivity (Wildman–Crippen MR) is 131 cm³/mol. The summed E-state index contributed by atoms with van der Waals surface area (Å²) in [6.07, 6.45) is 2.28. The molecule has 0 spiro atoms. The van der Waals surface area contributed by atoms with E-state index in [1.807, 2.05) is 49.2 Å². The molecule has 1 saturated carbocycles. The molecule has 0 atom stereocenters. The lowest BCUT2D eigenvalue weighted by Gasteiger charge is -2.34. The number of nitrogens with zero attached hydrogens (tertiary/aromatic N) is 7. The third-order valence-corrected chi connectivity index (χ3v) is 7.01. The Morgan fingerprint density at radius 1 is 1.06 bits per heavy atom. The lowest BCUT2D eigenvalue weighted by Crippen LogP contribution is -2.48. The van der Waals surface area contributed by atoms with Gasteiger partial charge in [0, 0.05) is 50.4 Å². The third-order valence-electron chi connectivity index (χ3n) is 7.01. The van der Waals surface area contributed by atoms with Crippen molar-refractivity contribution in [2.75, 3.05) is 26.2 Å². The van der Waals surface area contributed by atoms with E-state index in [1.54, 1.807) is 4.68 Å². The summed E-state index contributed by atoms with van der Waals surface area (Å²) in [5.74, 6) is 1.73. The Morgan fingerprint density at radius 2 is 1.80 bits per heavy atom. The molecule has 1 aliphatic carbocycles. The number of hydrogen-bond donors (Lipinski definition) is 0. The summed E-state index contributed by atoms with van der Waals surface area (Å²) in [4.78, 5) is 27.2. The zero-order valence-electron chi connectivity index (χ0n) is 20.4. The highest BCUT2D eigenvalue weighted by atomic mass is 16.5. The minimum absolute atomic E-state index is 0.0643. The number of hydrogen-bond acceptors (Lipinski definition) is 7. The van der Waals surface area contributed by atoms with Gasteiger partial charge in [0.2, 0.25) is 11.7 Å². The van der Waals surface area contributed by atoms with Crippen molar-refractivity contribution in [1.82, 2.24) is 34.7 Å². The fourth-order valence-electron chi connectivity index (χ4n) is 4.83. The van der Waals surface area contributed by atoms with E-state index in [2.05, 4.69) is 27.1 Å². The molecule has 4 heterocycles. The number of piperazine rings is 1. The molecular formula is C26H29N7O2. The monoisotopic (exact) mass is 471 g/mol. The minimum Gasteiger partial charge on any atom is -0.338 e. The maximum atomic E-state index is 13.6. The van der Waals surface area contributed by atoms with Gasteiger partial charge in [0.05, 0.1) is 23.2 Å². The summed E-state index contributed by atoms with van der Waals surface area (Å²) in [6, 6.07) is 10.1. The fraction of sp³-hybridized carbons (Fsp3) is 0.423. The molecule has 1 amide bonds. The SMILES string of the molecule is Cc1ccc(-c2noc(CN3CCN(C(=O)c4cc(C5CC5)nc5c4c(C)nn5C)CC3)n2)cc1. The quantitative estimate of drug-likeness (QED) is 0.440.